The molecule has 3 heterocycles. The van der Waals surface area contributed by atoms with Crippen LogP contribution in [0.2, 0.25) is 0 Å². The first-order chi connectivity index (χ1) is 33.2. The molecule has 14 rings (SSSR count). The lowest BCUT2D eigenvalue weighted by Crippen LogP contribution is -2.09. The monoisotopic (exact) mass is 868 g/mol. The Balaban J connectivity index is 0.890. The number of anilines is 3. The van der Waals surface area contributed by atoms with Crippen LogP contribution in [-0.2, 0) is 0 Å². The average Bonchev–Trinajstić information content (AvgIpc) is 3.95. The Morgan fingerprint density at radius 1 is 0.313 bits per heavy atom. The average molecular weight is 869 g/mol. The summed E-state index contributed by atoms with van der Waals surface area (Å²) < 4.78 is 5.06. The second-order valence-electron chi connectivity index (χ2n) is 17.7. The molecule has 67 heavy (non-hydrogen) atoms. The van der Waals surface area contributed by atoms with Crippen molar-refractivity contribution in [3.63, 3.8) is 0 Å². The first-order valence-electron chi connectivity index (χ1n) is 23.0. The van der Waals surface area contributed by atoms with E-state index in [0.29, 0.717) is 0 Å². The summed E-state index contributed by atoms with van der Waals surface area (Å²) in [5, 5.41) is 14.0. The molecular formula is C64H40N2S. The van der Waals surface area contributed by atoms with Gasteiger partial charge in [0.25, 0.3) is 0 Å². The van der Waals surface area contributed by atoms with Gasteiger partial charge in [0.15, 0.2) is 0 Å². The van der Waals surface area contributed by atoms with Gasteiger partial charge in [0, 0.05) is 59.8 Å². The van der Waals surface area contributed by atoms with Gasteiger partial charge in [0.1, 0.15) is 0 Å². The number of fused-ring (bicyclic) bond motifs is 14. The van der Waals surface area contributed by atoms with Crippen LogP contribution in [0, 0.1) is 0 Å². The van der Waals surface area contributed by atoms with E-state index in [1.165, 1.54) is 113 Å². The molecule has 0 unspecified atom stereocenters. The van der Waals surface area contributed by atoms with Crippen LogP contribution in [0.25, 0.3) is 113 Å². The lowest BCUT2D eigenvalue weighted by atomic mass is 9.94. The highest BCUT2D eigenvalue weighted by atomic mass is 32.1. The van der Waals surface area contributed by atoms with E-state index in [1.54, 1.807) is 0 Å². The Morgan fingerprint density at radius 2 is 0.896 bits per heavy atom. The minimum absolute atomic E-state index is 1.11. The van der Waals surface area contributed by atoms with Crippen LogP contribution in [0.3, 0.4) is 0 Å². The van der Waals surface area contributed by atoms with Gasteiger partial charge >= 0.3 is 0 Å². The maximum Gasteiger partial charge on any atom is 0.0620 e. The number of pyridine rings is 1. The summed E-state index contributed by atoms with van der Waals surface area (Å²) in [6, 6.07) is 87.2. The van der Waals surface area contributed by atoms with Gasteiger partial charge in [-0.15, -0.1) is 11.3 Å². The van der Waals surface area contributed by atoms with Crippen LogP contribution in [0.1, 0.15) is 0 Å². The third-order valence-electron chi connectivity index (χ3n) is 13.9. The highest BCUT2D eigenvalue weighted by Gasteiger charge is 2.21. The maximum absolute atomic E-state index is 2.45. The van der Waals surface area contributed by atoms with Crippen molar-refractivity contribution >= 4 is 108 Å². The predicted octanol–water partition coefficient (Wildman–Crippen LogP) is 18.5. The van der Waals surface area contributed by atoms with Crippen LogP contribution in [-0.4, -0.2) is 4.40 Å². The molecule has 14 aromatic rings. The van der Waals surface area contributed by atoms with Crippen molar-refractivity contribution in [2.24, 2.45) is 0 Å². The van der Waals surface area contributed by atoms with Crippen LogP contribution in [0.5, 0.6) is 0 Å². The molecule has 0 aliphatic carbocycles. The van der Waals surface area contributed by atoms with Crippen molar-refractivity contribution in [1.29, 1.82) is 0 Å². The Hall–Kier alpha value is -8.50. The van der Waals surface area contributed by atoms with E-state index < -0.39 is 0 Å². The molecule has 0 aliphatic heterocycles. The van der Waals surface area contributed by atoms with E-state index in [4.69, 9.17) is 0 Å². The highest BCUT2D eigenvalue weighted by Crippen LogP contribution is 2.46. The van der Waals surface area contributed by atoms with Crippen LogP contribution in [0.15, 0.2) is 243 Å². The van der Waals surface area contributed by atoms with Gasteiger partial charge in [-0.05, 0) is 126 Å². The Bertz CT molecular complexity index is 4270. The molecule has 11 aromatic carbocycles. The number of hydrogen-bond donors (Lipinski definition) is 0. The molecule has 0 bridgehead atoms. The summed E-state index contributed by atoms with van der Waals surface area (Å²) in [5.74, 6) is 0. The molecule has 0 amide bonds. The third kappa shape index (κ3) is 6.02. The number of rotatable bonds is 6. The van der Waals surface area contributed by atoms with E-state index in [2.05, 4.69) is 252 Å². The van der Waals surface area contributed by atoms with Gasteiger partial charge in [0.05, 0.1) is 11.0 Å². The van der Waals surface area contributed by atoms with Gasteiger partial charge in [-0.1, -0.05) is 176 Å². The summed E-state index contributed by atoms with van der Waals surface area (Å²) in [6.07, 6.45) is 2.35. The van der Waals surface area contributed by atoms with Crippen molar-refractivity contribution in [2.75, 3.05) is 4.90 Å². The lowest BCUT2D eigenvalue weighted by molar-refractivity contribution is 1.26. The Morgan fingerprint density at radius 3 is 1.73 bits per heavy atom. The molecule has 3 aromatic heterocycles. The summed E-state index contributed by atoms with van der Waals surface area (Å²) in [4.78, 5) is 2.41. The van der Waals surface area contributed by atoms with Gasteiger partial charge < -0.3 is 9.30 Å². The normalized spacial score (nSPS) is 11.9. The summed E-state index contributed by atoms with van der Waals surface area (Å²) >= 11 is 1.86. The minimum atomic E-state index is 1.11. The van der Waals surface area contributed by atoms with E-state index in [9.17, 15) is 0 Å². The molecule has 0 atom stereocenters. The Kier molecular flexibility index (Phi) is 8.49. The number of benzene rings is 11. The molecule has 3 heteroatoms. The molecule has 2 nitrogen and oxygen atoms in total. The van der Waals surface area contributed by atoms with Crippen LogP contribution < -0.4 is 4.90 Å². The van der Waals surface area contributed by atoms with E-state index >= 15 is 0 Å². The molecule has 0 N–H and O–H groups in total. The smallest absolute Gasteiger partial charge is 0.0620 e. The van der Waals surface area contributed by atoms with Crippen molar-refractivity contribution in [3.05, 3.63) is 243 Å². The molecule has 0 saturated heterocycles. The van der Waals surface area contributed by atoms with Crippen molar-refractivity contribution in [3.8, 4) is 33.4 Å². The fraction of sp³-hybridized carbons (Fsp3) is 0. The van der Waals surface area contributed by atoms with Gasteiger partial charge in [-0.25, -0.2) is 0 Å². The zero-order valence-electron chi connectivity index (χ0n) is 36.4. The largest absolute Gasteiger partial charge is 0.315 e. The quantitative estimate of drug-likeness (QED) is 0.151. The van der Waals surface area contributed by atoms with E-state index in [1.807, 2.05) is 11.3 Å². The molecule has 312 valence electrons. The van der Waals surface area contributed by atoms with Crippen molar-refractivity contribution in [2.45, 2.75) is 0 Å². The first-order valence-corrected chi connectivity index (χ1v) is 23.8. The predicted molar refractivity (Wildman–Crippen MR) is 289 cm³/mol. The molecule has 0 radical (unpaired) electrons. The van der Waals surface area contributed by atoms with E-state index in [0.717, 1.165) is 17.1 Å². The topological polar surface area (TPSA) is 7.65 Å². The third-order valence-corrected chi connectivity index (χ3v) is 15.1. The van der Waals surface area contributed by atoms with E-state index in [-0.39, 0.29) is 0 Å². The molecule has 0 fully saturated rings. The van der Waals surface area contributed by atoms with Gasteiger partial charge in [0.2, 0.25) is 0 Å². The summed E-state index contributed by atoms with van der Waals surface area (Å²) in [5.41, 5.74) is 13.0. The number of aromatic nitrogens is 1. The first kappa shape index (κ1) is 37.8. The standard InChI is InChI=1S/C64H40N2S/c1-2-14-43(15-3-1)62-59-35-29-47(40-65(59)64-57-23-9-7-20-54(57)53-19-6-8-22-56(53)63(62)64)45-17-12-16-44(37-45)41-27-30-48(31-28-41)66(50-33-36-61-58(39-50)55-21-10-11-24-60(55)67-61)49-32-34-52-46(38-49)26-25-42-13-4-5-18-51(42)52/h1-40H. The summed E-state index contributed by atoms with van der Waals surface area (Å²) in [6.45, 7) is 0. The zero-order valence-corrected chi connectivity index (χ0v) is 37.2. The maximum atomic E-state index is 2.45. The molecule has 0 spiro atoms. The number of hydrogen-bond acceptors (Lipinski definition) is 2. The van der Waals surface area contributed by atoms with Crippen molar-refractivity contribution < 1.29 is 0 Å². The molecule has 0 saturated carbocycles. The van der Waals surface area contributed by atoms with Gasteiger partial charge in [-0.2, -0.15) is 0 Å². The lowest BCUT2D eigenvalue weighted by Gasteiger charge is -2.26. The SMILES string of the molecule is c1ccc(-c2c3c4ccccc4c4ccccc4c3n3cc(-c4cccc(-c5ccc(N(c6ccc7c(ccc8ccccc87)c6)c6ccc7sc8ccccc8c7c6)cc5)c4)ccc23)cc1. The van der Waals surface area contributed by atoms with Gasteiger partial charge in [-0.3, -0.25) is 0 Å². The zero-order chi connectivity index (χ0) is 44.0. The van der Waals surface area contributed by atoms with Crippen molar-refractivity contribution in [1.82, 2.24) is 4.40 Å². The second-order valence-corrected chi connectivity index (χ2v) is 18.7. The number of thiophene rings is 1. The van der Waals surface area contributed by atoms with Crippen LogP contribution >= 0.6 is 11.3 Å². The molecule has 0 aliphatic rings. The second kappa shape index (κ2) is 15.0. The van der Waals surface area contributed by atoms with Crippen LogP contribution in [0.4, 0.5) is 17.1 Å². The fourth-order valence-electron chi connectivity index (χ4n) is 10.8. The number of nitrogens with zero attached hydrogens (tertiary/aromatic N) is 2. The minimum Gasteiger partial charge on any atom is -0.315 e. The molecular weight excluding hydrogens is 829 g/mol. The highest BCUT2D eigenvalue weighted by molar-refractivity contribution is 7.25. The Labute approximate surface area is 391 Å². The summed E-state index contributed by atoms with van der Waals surface area (Å²) in [7, 11) is 0. The fourth-order valence-corrected chi connectivity index (χ4v) is 11.9.